The SMILES string of the molecule is Cc1ccc(-c2cc(NC[C@H](N)c3cccc(C#N)c3)ncn2)cc1Cl. The van der Waals surface area contributed by atoms with E-state index < -0.39 is 0 Å². The van der Waals surface area contributed by atoms with Gasteiger partial charge in [0.05, 0.1) is 17.3 Å². The predicted molar refractivity (Wildman–Crippen MR) is 104 cm³/mol. The summed E-state index contributed by atoms with van der Waals surface area (Å²) >= 11 is 6.20. The third-order valence-corrected chi connectivity index (χ3v) is 4.49. The first-order valence-corrected chi connectivity index (χ1v) is 8.52. The molecule has 0 spiro atoms. The van der Waals surface area contributed by atoms with Crippen molar-refractivity contribution in [3.8, 4) is 17.3 Å². The maximum atomic E-state index is 8.99. The lowest BCUT2D eigenvalue weighted by Crippen LogP contribution is -2.21. The minimum Gasteiger partial charge on any atom is -0.368 e. The number of nitrogens with zero attached hydrogens (tertiary/aromatic N) is 3. The lowest BCUT2D eigenvalue weighted by molar-refractivity contribution is 0.761. The lowest BCUT2D eigenvalue weighted by Gasteiger charge is -2.14. The van der Waals surface area contributed by atoms with Gasteiger partial charge < -0.3 is 11.1 Å². The summed E-state index contributed by atoms with van der Waals surface area (Å²) in [5.74, 6) is 0.679. The number of rotatable bonds is 5. The number of nitriles is 1. The van der Waals surface area contributed by atoms with Crippen LogP contribution in [0.1, 0.15) is 22.7 Å². The van der Waals surface area contributed by atoms with Crippen LogP contribution < -0.4 is 11.1 Å². The number of aromatic nitrogens is 2. The van der Waals surface area contributed by atoms with Crippen LogP contribution >= 0.6 is 11.6 Å². The van der Waals surface area contributed by atoms with Gasteiger partial charge in [-0.1, -0.05) is 35.9 Å². The Balaban J connectivity index is 1.72. The quantitative estimate of drug-likeness (QED) is 0.712. The first-order valence-electron chi connectivity index (χ1n) is 8.15. The second-order valence-electron chi connectivity index (χ2n) is 5.98. The monoisotopic (exact) mass is 363 g/mol. The Labute approximate surface area is 157 Å². The van der Waals surface area contributed by atoms with Crippen molar-refractivity contribution >= 4 is 17.4 Å². The smallest absolute Gasteiger partial charge is 0.130 e. The Bertz CT molecular complexity index is 964. The fourth-order valence-corrected chi connectivity index (χ4v) is 2.72. The van der Waals surface area contributed by atoms with Crippen LogP contribution in [0.3, 0.4) is 0 Å². The van der Waals surface area contributed by atoms with Gasteiger partial charge in [-0.05, 0) is 36.2 Å². The third kappa shape index (κ3) is 4.17. The van der Waals surface area contributed by atoms with Gasteiger partial charge in [-0.2, -0.15) is 5.26 Å². The molecule has 0 fully saturated rings. The van der Waals surface area contributed by atoms with E-state index in [4.69, 9.17) is 22.6 Å². The highest BCUT2D eigenvalue weighted by atomic mass is 35.5. The van der Waals surface area contributed by atoms with Crippen molar-refractivity contribution in [2.45, 2.75) is 13.0 Å². The molecule has 0 saturated heterocycles. The van der Waals surface area contributed by atoms with E-state index in [1.165, 1.54) is 6.33 Å². The van der Waals surface area contributed by atoms with Gasteiger partial charge in [-0.25, -0.2) is 9.97 Å². The van der Waals surface area contributed by atoms with Crippen molar-refractivity contribution in [3.63, 3.8) is 0 Å². The van der Waals surface area contributed by atoms with Crippen LogP contribution in [-0.4, -0.2) is 16.5 Å². The Hall–Kier alpha value is -2.94. The molecule has 1 atom stereocenters. The predicted octanol–water partition coefficient (Wildman–Crippen LogP) is 4.09. The third-order valence-electron chi connectivity index (χ3n) is 4.08. The van der Waals surface area contributed by atoms with E-state index in [2.05, 4.69) is 21.4 Å². The summed E-state index contributed by atoms with van der Waals surface area (Å²) in [6, 6.07) is 16.9. The second-order valence-corrected chi connectivity index (χ2v) is 6.38. The van der Waals surface area contributed by atoms with E-state index >= 15 is 0 Å². The van der Waals surface area contributed by atoms with E-state index in [0.717, 1.165) is 22.4 Å². The van der Waals surface area contributed by atoms with Gasteiger partial charge in [0, 0.05) is 29.2 Å². The van der Waals surface area contributed by atoms with Crippen molar-refractivity contribution in [3.05, 3.63) is 76.6 Å². The van der Waals surface area contributed by atoms with Crippen molar-refractivity contribution in [2.75, 3.05) is 11.9 Å². The molecule has 6 heteroatoms. The number of nitrogens with two attached hydrogens (primary N) is 1. The Kier molecular flexibility index (Phi) is 5.47. The van der Waals surface area contributed by atoms with Crippen molar-refractivity contribution in [2.24, 2.45) is 5.73 Å². The van der Waals surface area contributed by atoms with Gasteiger partial charge in [0.1, 0.15) is 12.1 Å². The zero-order valence-electron chi connectivity index (χ0n) is 14.3. The summed E-state index contributed by atoms with van der Waals surface area (Å²) in [7, 11) is 0. The average molecular weight is 364 g/mol. The molecule has 0 unspecified atom stereocenters. The molecular weight excluding hydrogens is 346 g/mol. The number of benzene rings is 2. The van der Waals surface area contributed by atoms with Gasteiger partial charge in [-0.3, -0.25) is 0 Å². The largest absolute Gasteiger partial charge is 0.368 e. The molecule has 1 aromatic heterocycles. The zero-order chi connectivity index (χ0) is 18.5. The van der Waals surface area contributed by atoms with E-state index in [1.807, 2.05) is 43.3 Å². The maximum Gasteiger partial charge on any atom is 0.130 e. The molecule has 3 N–H and O–H groups in total. The standard InChI is InChI=1S/C20H18ClN5/c1-13-5-6-16(8-17(13)21)19-9-20(26-12-25-19)24-11-18(23)15-4-2-3-14(7-15)10-22/h2-9,12,18H,11,23H2,1H3,(H,24,25,26)/t18-/m0/s1. The first-order chi connectivity index (χ1) is 12.6. The molecule has 26 heavy (non-hydrogen) atoms. The molecule has 0 aliphatic carbocycles. The molecule has 3 aromatic rings. The molecule has 0 aliphatic heterocycles. The van der Waals surface area contributed by atoms with Crippen LogP contribution in [0.4, 0.5) is 5.82 Å². The highest BCUT2D eigenvalue weighted by molar-refractivity contribution is 6.31. The average Bonchev–Trinajstić information content (AvgIpc) is 2.68. The van der Waals surface area contributed by atoms with Crippen LogP contribution in [-0.2, 0) is 0 Å². The Morgan fingerprint density at radius 3 is 2.81 bits per heavy atom. The molecular formula is C20H18ClN5. The summed E-state index contributed by atoms with van der Waals surface area (Å²) in [6.45, 7) is 2.45. The number of nitrogens with one attached hydrogen (secondary N) is 1. The topological polar surface area (TPSA) is 87.6 Å². The maximum absolute atomic E-state index is 8.99. The molecule has 0 radical (unpaired) electrons. The molecule has 0 saturated carbocycles. The first kappa shape index (κ1) is 17.9. The fourth-order valence-electron chi connectivity index (χ4n) is 2.54. The molecule has 0 aliphatic rings. The number of hydrogen-bond donors (Lipinski definition) is 2. The fraction of sp³-hybridized carbons (Fsp3) is 0.150. The highest BCUT2D eigenvalue weighted by Gasteiger charge is 2.08. The molecule has 5 nitrogen and oxygen atoms in total. The van der Waals surface area contributed by atoms with Gasteiger partial charge in [0.25, 0.3) is 0 Å². The molecule has 1 heterocycles. The number of hydrogen-bond acceptors (Lipinski definition) is 5. The van der Waals surface area contributed by atoms with Crippen LogP contribution in [0, 0.1) is 18.3 Å². The summed E-state index contributed by atoms with van der Waals surface area (Å²) in [5.41, 5.74) is 10.4. The molecule has 2 aromatic carbocycles. The molecule has 130 valence electrons. The summed E-state index contributed by atoms with van der Waals surface area (Å²) in [4.78, 5) is 8.55. The van der Waals surface area contributed by atoms with E-state index in [-0.39, 0.29) is 6.04 Å². The van der Waals surface area contributed by atoms with E-state index in [1.54, 1.807) is 12.1 Å². The van der Waals surface area contributed by atoms with Gasteiger partial charge >= 0.3 is 0 Å². The minimum absolute atomic E-state index is 0.254. The van der Waals surface area contributed by atoms with Crippen LogP contribution in [0.2, 0.25) is 5.02 Å². The zero-order valence-corrected chi connectivity index (χ0v) is 15.0. The van der Waals surface area contributed by atoms with Crippen molar-refractivity contribution < 1.29 is 0 Å². The highest BCUT2D eigenvalue weighted by Crippen LogP contribution is 2.25. The van der Waals surface area contributed by atoms with Gasteiger partial charge in [0.2, 0.25) is 0 Å². The number of aryl methyl sites for hydroxylation is 1. The van der Waals surface area contributed by atoms with Crippen molar-refractivity contribution in [1.82, 2.24) is 9.97 Å². The Morgan fingerprint density at radius 2 is 2.04 bits per heavy atom. The van der Waals surface area contributed by atoms with Gasteiger partial charge in [0.15, 0.2) is 0 Å². The number of anilines is 1. The summed E-state index contributed by atoms with van der Waals surface area (Å²) in [5, 5.41) is 12.9. The number of halogens is 1. The van der Waals surface area contributed by atoms with Crippen LogP contribution in [0.25, 0.3) is 11.3 Å². The van der Waals surface area contributed by atoms with E-state index in [0.29, 0.717) is 22.9 Å². The van der Waals surface area contributed by atoms with Gasteiger partial charge in [-0.15, -0.1) is 0 Å². The van der Waals surface area contributed by atoms with E-state index in [9.17, 15) is 0 Å². The van der Waals surface area contributed by atoms with Crippen LogP contribution in [0.15, 0.2) is 54.9 Å². The summed E-state index contributed by atoms with van der Waals surface area (Å²) < 4.78 is 0. The lowest BCUT2D eigenvalue weighted by atomic mass is 10.1. The van der Waals surface area contributed by atoms with Crippen molar-refractivity contribution in [1.29, 1.82) is 5.26 Å². The minimum atomic E-state index is -0.254. The molecule has 0 amide bonds. The normalized spacial score (nSPS) is 11.6. The molecule has 0 bridgehead atoms. The second kappa shape index (κ2) is 7.96. The molecule has 3 rings (SSSR count). The van der Waals surface area contributed by atoms with Crippen LogP contribution in [0.5, 0.6) is 0 Å². The Morgan fingerprint density at radius 1 is 1.19 bits per heavy atom. The summed E-state index contributed by atoms with van der Waals surface area (Å²) in [6.07, 6.45) is 1.51.